The lowest BCUT2D eigenvalue weighted by atomic mass is 9.75. The first kappa shape index (κ1) is 17.4. The van der Waals surface area contributed by atoms with Crippen LogP contribution in [0.15, 0.2) is 18.2 Å². The van der Waals surface area contributed by atoms with Crippen LogP contribution in [0.25, 0.3) is 0 Å². The largest absolute Gasteiger partial charge is 0.466 e. The van der Waals surface area contributed by atoms with E-state index in [1.54, 1.807) is 11.8 Å². The Kier molecular flexibility index (Phi) is 5.34. The number of amides is 1. The number of hydrogen-bond acceptors (Lipinski definition) is 3. The summed E-state index contributed by atoms with van der Waals surface area (Å²) < 4.78 is 32.3. The van der Waals surface area contributed by atoms with Crippen molar-refractivity contribution in [2.45, 2.75) is 33.1 Å². The highest BCUT2D eigenvalue weighted by atomic mass is 19.1. The van der Waals surface area contributed by atoms with E-state index in [1.165, 1.54) is 19.1 Å². The Morgan fingerprint density at radius 2 is 2.09 bits per heavy atom. The molecular weight excluding hydrogens is 304 g/mol. The number of nitrogens with zero attached hydrogens (tertiary/aromatic N) is 1. The Bertz CT molecular complexity index is 606. The molecule has 1 aliphatic heterocycles. The molecule has 126 valence electrons. The van der Waals surface area contributed by atoms with Crippen LogP contribution in [0.3, 0.4) is 0 Å². The summed E-state index contributed by atoms with van der Waals surface area (Å²) >= 11 is 0. The molecule has 2 rings (SSSR count). The Morgan fingerprint density at radius 1 is 1.35 bits per heavy atom. The molecule has 1 amide bonds. The minimum atomic E-state index is -0.988. The SMILES string of the molecule is CCOC(=O)[C@]1(Cc2ccc(F)cc2F)CCCN(C(C)=O)C1. The van der Waals surface area contributed by atoms with Crippen molar-refractivity contribution in [1.82, 2.24) is 4.90 Å². The maximum absolute atomic E-state index is 14.0. The fourth-order valence-corrected chi connectivity index (χ4v) is 3.10. The maximum Gasteiger partial charge on any atom is 0.314 e. The lowest BCUT2D eigenvalue weighted by molar-refractivity contribution is -0.160. The summed E-state index contributed by atoms with van der Waals surface area (Å²) in [6.07, 6.45) is 1.23. The van der Waals surface area contributed by atoms with E-state index in [-0.39, 0.29) is 31.0 Å². The first-order chi connectivity index (χ1) is 10.9. The lowest BCUT2D eigenvalue weighted by Crippen LogP contribution is -2.51. The highest BCUT2D eigenvalue weighted by Crippen LogP contribution is 2.36. The second-order valence-corrected chi connectivity index (χ2v) is 5.96. The number of halogens is 2. The molecule has 1 aromatic rings. The summed E-state index contributed by atoms with van der Waals surface area (Å²) in [5.74, 6) is -1.91. The van der Waals surface area contributed by atoms with Gasteiger partial charge < -0.3 is 9.64 Å². The Morgan fingerprint density at radius 3 is 2.70 bits per heavy atom. The number of ether oxygens (including phenoxy) is 1. The van der Waals surface area contributed by atoms with Crippen LogP contribution in [0.2, 0.25) is 0 Å². The molecule has 1 heterocycles. The van der Waals surface area contributed by atoms with Gasteiger partial charge in [0.1, 0.15) is 11.6 Å². The van der Waals surface area contributed by atoms with Gasteiger partial charge in [-0.15, -0.1) is 0 Å². The number of benzene rings is 1. The molecule has 0 N–H and O–H groups in total. The average Bonchev–Trinajstić information content (AvgIpc) is 2.50. The van der Waals surface area contributed by atoms with E-state index in [0.717, 1.165) is 6.07 Å². The van der Waals surface area contributed by atoms with Crippen LogP contribution in [0.4, 0.5) is 8.78 Å². The predicted octanol–water partition coefficient (Wildman–Crippen LogP) is 2.70. The predicted molar refractivity (Wildman–Crippen MR) is 80.6 cm³/mol. The third-order valence-corrected chi connectivity index (χ3v) is 4.27. The summed E-state index contributed by atoms with van der Waals surface area (Å²) in [6, 6.07) is 3.32. The monoisotopic (exact) mass is 325 g/mol. The number of carbonyl (C=O) groups excluding carboxylic acids is 2. The molecule has 4 nitrogen and oxygen atoms in total. The molecule has 0 aromatic heterocycles. The minimum absolute atomic E-state index is 0.0850. The van der Waals surface area contributed by atoms with Gasteiger partial charge in [0, 0.05) is 26.1 Å². The summed E-state index contributed by atoms with van der Waals surface area (Å²) in [4.78, 5) is 25.8. The van der Waals surface area contributed by atoms with Gasteiger partial charge in [0.15, 0.2) is 0 Å². The molecule has 0 unspecified atom stereocenters. The van der Waals surface area contributed by atoms with Crippen molar-refractivity contribution in [2.75, 3.05) is 19.7 Å². The van der Waals surface area contributed by atoms with Gasteiger partial charge in [-0.3, -0.25) is 9.59 Å². The topological polar surface area (TPSA) is 46.6 Å². The van der Waals surface area contributed by atoms with Crippen molar-refractivity contribution in [1.29, 1.82) is 0 Å². The van der Waals surface area contributed by atoms with Crippen LogP contribution >= 0.6 is 0 Å². The molecule has 6 heteroatoms. The van der Waals surface area contributed by atoms with Crippen molar-refractivity contribution < 1.29 is 23.1 Å². The standard InChI is InChI=1S/C17H21F2NO3/c1-3-23-16(22)17(7-4-8-20(11-17)12(2)21)10-13-5-6-14(18)9-15(13)19/h5-6,9H,3-4,7-8,10-11H2,1-2H3/t17-/m0/s1. The highest BCUT2D eigenvalue weighted by molar-refractivity contribution is 5.80. The first-order valence-corrected chi connectivity index (χ1v) is 7.74. The molecule has 23 heavy (non-hydrogen) atoms. The zero-order chi connectivity index (χ0) is 17.0. The molecular formula is C17H21F2NO3. The van der Waals surface area contributed by atoms with Crippen molar-refractivity contribution in [3.05, 3.63) is 35.4 Å². The van der Waals surface area contributed by atoms with Crippen LogP contribution in [0.5, 0.6) is 0 Å². The van der Waals surface area contributed by atoms with Gasteiger partial charge in [-0.05, 0) is 37.8 Å². The Balaban J connectivity index is 2.33. The van der Waals surface area contributed by atoms with E-state index in [9.17, 15) is 18.4 Å². The van der Waals surface area contributed by atoms with Gasteiger partial charge in [0.05, 0.1) is 12.0 Å². The first-order valence-electron chi connectivity index (χ1n) is 7.74. The second-order valence-electron chi connectivity index (χ2n) is 5.96. The molecule has 0 bridgehead atoms. The number of carbonyl (C=O) groups is 2. The molecule has 1 saturated heterocycles. The number of piperidine rings is 1. The molecule has 0 saturated carbocycles. The third kappa shape index (κ3) is 3.86. The summed E-state index contributed by atoms with van der Waals surface area (Å²) in [7, 11) is 0. The van der Waals surface area contributed by atoms with Crippen molar-refractivity contribution >= 4 is 11.9 Å². The van der Waals surface area contributed by atoms with Gasteiger partial charge >= 0.3 is 5.97 Å². The lowest BCUT2D eigenvalue weighted by Gasteiger charge is -2.40. The van der Waals surface area contributed by atoms with E-state index in [4.69, 9.17) is 4.74 Å². The van der Waals surface area contributed by atoms with E-state index in [0.29, 0.717) is 19.4 Å². The van der Waals surface area contributed by atoms with Gasteiger partial charge in [-0.1, -0.05) is 6.07 Å². The summed E-state index contributed by atoms with van der Waals surface area (Å²) in [5, 5.41) is 0. The van der Waals surface area contributed by atoms with Crippen molar-refractivity contribution in [3.8, 4) is 0 Å². The van der Waals surface area contributed by atoms with Gasteiger partial charge in [-0.2, -0.15) is 0 Å². The van der Waals surface area contributed by atoms with Crippen molar-refractivity contribution in [2.24, 2.45) is 5.41 Å². The van der Waals surface area contributed by atoms with E-state index >= 15 is 0 Å². The molecule has 0 aliphatic carbocycles. The second kappa shape index (κ2) is 7.06. The molecule has 1 fully saturated rings. The van der Waals surface area contributed by atoms with Crippen molar-refractivity contribution in [3.63, 3.8) is 0 Å². The quantitative estimate of drug-likeness (QED) is 0.800. The Hall–Kier alpha value is -1.98. The normalized spacial score (nSPS) is 21.1. The van der Waals surface area contributed by atoms with E-state index < -0.39 is 23.0 Å². The van der Waals surface area contributed by atoms with Gasteiger partial charge in [0.2, 0.25) is 5.91 Å². The zero-order valence-electron chi connectivity index (χ0n) is 13.4. The number of likely N-dealkylation sites (tertiary alicyclic amines) is 1. The van der Waals surface area contributed by atoms with E-state index in [1.807, 2.05) is 0 Å². The van der Waals surface area contributed by atoms with Gasteiger partial charge in [-0.25, -0.2) is 8.78 Å². The number of hydrogen-bond donors (Lipinski definition) is 0. The smallest absolute Gasteiger partial charge is 0.314 e. The molecule has 1 atom stereocenters. The fraction of sp³-hybridized carbons (Fsp3) is 0.529. The molecule has 1 aliphatic rings. The third-order valence-electron chi connectivity index (χ3n) is 4.27. The highest BCUT2D eigenvalue weighted by Gasteiger charge is 2.44. The molecule has 1 aromatic carbocycles. The minimum Gasteiger partial charge on any atom is -0.466 e. The zero-order valence-corrected chi connectivity index (χ0v) is 13.4. The molecule has 0 radical (unpaired) electrons. The molecule has 0 spiro atoms. The number of rotatable bonds is 4. The summed E-state index contributed by atoms with van der Waals surface area (Å²) in [5.41, 5.74) is -0.733. The van der Waals surface area contributed by atoms with Crippen LogP contribution in [0, 0.1) is 17.0 Å². The van der Waals surface area contributed by atoms with Crippen LogP contribution in [-0.2, 0) is 20.7 Å². The fourth-order valence-electron chi connectivity index (χ4n) is 3.10. The Labute approximate surface area is 134 Å². The van der Waals surface area contributed by atoms with Gasteiger partial charge in [0.25, 0.3) is 0 Å². The summed E-state index contributed by atoms with van der Waals surface area (Å²) in [6.45, 7) is 4.13. The maximum atomic E-state index is 14.0. The number of esters is 1. The van der Waals surface area contributed by atoms with E-state index in [2.05, 4.69) is 0 Å². The van der Waals surface area contributed by atoms with Crippen LogP contribution in [-0.4, -0.2) is 36.5 Å². The van der Waals surface area contributed by atoms with Crippen LogP contribution < -0.4 is 0 Å². The van der Waals surface area contributed by atoms with Crippen LogP contribution in [0.1, 0.15) is 32.3 Å². The average molecular weight is 325 g/mol.